The normalized spacial score (nSPS) is 15.8. The first-order valence-corrected chi connectivity index (χ1v) is 11.8. The zero-order valence-corrected chi connectivity index (χ0v) is 20.1. The summed E-state index contributed by atoms with van der Waals surface area (Å²) in [6, 6.07) is 3.66. The van der Waals surface area contributed by atoms with Gasteiger partial charge in [-0.15, -0.1) is 0 Å². The molecule has 1 aromatic carbocycles. The van der Waals surface area contributed by atoms with Crippen LogP contribution in [0, 0.1) is 0 Å². The van der Waals surface area contributed by atoms with E-state index in [0.717, 1.165) is 47.6 Å². The van der Waals surface area contributed by atoms with Crippen LogP contribution >= 0.6 is 0 Å². The summed E-state index contributed by atoms with van der Waals surface area (Å²) in [6.07, 6.45) is 3.21. The molecule has 2 aliphatic heterocycles. The molecule has 0 bridgehead atoms. The van der Waals surface area contributed by atoms with Crippen molar-refractivity contribution < 1.29 is 13.6 Å². The molecule has 0 atom stereocenters. The third-order valence-corrected chi connectivity index (χ3v) is 6.84. The second kappa shape index (κ2) is 8.52. The third kappa shape index (κ3) is 3.76. The number of hydrogen-bond donors (Lipinski definition) is 0. The molecular formula is C25H30F2N6O. The van der Waals surface area contributed by atoms with Crippen LogP contribution in [-0.2, 0) is 31.2 Å². The van der Waals surface area contributed by atoms with Gasteiger partial charge in [-0.05, 0) is 44.4 Å². The Morgan fingerprint density at radius 3 is 2.59 bits per heavy atom. The van der Waals surface area contributed by atoms with Crippen LogP contribution in [0.5, 0.6) is 0 Å². The number of alkyl halides is 2. The molecule has 0 spiro atoms. The number of anilines is 2. The highest BCUT2D eigenvalue weighted by molar-refractivity contribution is 5.77. The van der Waals surface area contributed by atoms with Crippen LogP contribution in [0.2, 0.25) is 0 Å². The van der Waals surface area contributed by atoms with E-state index in [1.54, 1.807) is 30.1 Å². The molecule has 0 aliphatic carbocycles. The Balaban J connectivity index is 1.64. The molecule has 180 valence electrons. The lowest BCUT2D eigenvalue weighted by Gasteiger charge is -2.33. The van der Waals surface area contributed by atoms with Crippen LogP contribution < -0.4 is 4.90 Å². The topological polar surface area (TPSA) is 59.2 Å². The van der Waals surface area contributed by atoms with Gasteiger partial charge in [-0.2, -0.15) is 5.10 Å². The molecule has 9 heteroatoms. The fraction of sp³-hybridized carbons (Fsp3) is 0.480. The fourth-order valence-corrected chi connectivity index (χ4v) is 5.16. The number of fused-ring (bicyclic) bond motifs is 2. The van der Waals surface area contributed by atoms with Gasteiger partial charge in [-0.1, -0.05) is 0 Å². The van der Waals surface area contributed by atoms with E-state index in [2.05, 4.69) is 23.7 Å². The minimum absolute atomic E-state index is 0.0214. The lowest BCUT2D eigenvalue weighted by Crippen LogP contribution is -2.35. The van der Waals surface area contributed by atoms with Crippen LogP contribution in [0.15, 0.2) is 24.7 Å². The summed E-state index contributed by atoms with van der Waals surface area (Å²) in [6.45, 7) is 7.62. The summed E-state index contributed by atoms with van der Waals surface area (Å²) in [7, 11) is 1.83. The molecule has 0 saturated carbocycles. The molecule has 2 aliphatic rings. The van der Waals surface area contributed by atoms with Crippen LogP contribution in [0.4, 0.5) is 20.3 Å². The van der Waals surface area contributed by atoms with Crippen molar-refractivity contribution in [3.63, 3.8) is 0 Å². The highest BCUT2D eigenvalue weighted by atomic mass is 19.3. The van der Waals surface area contributed by atoms with Crippen LogP contribution in [0.25, 0.3) is 11.3 Å². The quantitative estimate of drug-likeness (QED) is 0.552. The van der Waals surface area contributed by atoms with Gasteiger partial charge >= 0.3 is 0 Å². The van der Waals surface area contributed by atoms with Gasteiger partial charge in [0.05, 0.1) is 18.6 Å². The standard InChI is InChI=1S/C25H30F2N6O/c1-15(2)33-22-7-9-31(16(3)34)12-20(22)25(29-33)32-8-5-6-17-10-18(21-13-30(4)14-28-21)19(24(26)27)11-23(17)32/h10-11,13-15,24H,5-9,12H2,1-4H3. The predicted octanol–water partition coefficient (Wildman–Crippen LogP) is 4.79. The van der Waals surface area contributed by atoms with Gasteiger partial charge in [-0.3, -0.25) is 9.48 Å². The maximum absolute atomic E-state index is 14.2. The molecule has 0 N–H and O–H groups in total. The summed E-state index contributed by atoms with van der Waals surface area (Å²) in [5.41, 5.74) is 4.96. The monoisotopic (exact) mass is 468 g/mol. The number of aryl methyl sites for hydroxylation is 2. The molecule has 5 rings (SSSR count). The molecule has 34 heavy (non-hydrogen) atoms. The number of carbonyl (C=O) groups excluding carboxylic acids is 1. The first-order valence-electron chi connectivity index (χ1n) is 11.8. The number of nitrogens with zero attached hydrogens (tertiary/aromatic N) is 6. The van der Waals surface area contributed by atoms with E-state index < -0.39 is 6.43 Å². The number of halogens is 2. The Bertz CT molecular complexity index is 1240. The van der Waals surface area contributed by atoms with E-state index in [0.29, 0.717) is 30.9 Å². The highest BCUT2D eigenvalue weighted by Crippen LogP contribution is 2.42. The molecule has 0 unspecified atom stereocenters. The van der Waals surface area contributed by atoms with Gasteiger partial charge in [0, 0.05) is 73.8 Å². The number of hydrogen-bond acceptors (Lipinski definition) is 4. The second-order valence-corrected chi connectivity index (χ2v) is 9.53. The van der Waals surface area contributed by atoms with Crippen LogP contribution in [0.3, 0.4) is 0 Å². The average Bonchev–Trinajstić information content (AvgIpc) is 3.41. The fourth-order valence-electron chi connectivity index (χ4n) is 5.16. The van der Waals surface area contributed by atoms with E-state index in [1.165, 1.54) is 0 Å². The Morgan fingerprint density at radius 2 is 1.94 bits per heavy atom. The average molecular weight is 469 g/mol. The van der Waals surface area contributed by atoms with Crippen molar-refractivity contribution in [2.75, 3.05) is 18.0 Å². The maximum atomic E-state index is 14.2. The molecule has 0 fully saturated rings. The Hall–Kier alpha value is -3.23. The third-order valence-electron chi connectivity index (χ3n) is 6.84. The van der Waals surface area contributed by atoms with Crippen LogP contribution in [0.1, 0.15) is 62.0 Å². The van der Waals surface area contributed by atoms with E-state index in [9.17, 15) is 13.6 Å². The van der Waals surface area contributed by atoms with E-state index in [4.69, 9.17) is 5.10 Å². The number of benzene rings is 1. The van der Waals surface area contributed by atoms with Gasteiger partial charge in [0.2, 0.25) is 5.91 Å². The zero-order chi connectivity index (χ0) is 24.1. The molecule has 0 saturated heterocycles. The number of imidazole rings is 1. The van der Waals surface area contributed by atoms with Gasteiger partial charge in [-0.25, -0.2) is 13.8 Å². The van der Waals surface area contributed by atoms with Gasteiger partial charge < -0.3 is 14.4 Å². The molecule has 4 heterocycles. The van der Waals surface area contributed by atoms with Crippen molar-refractivity contribution in [3.05, 3.63) is 47.0 Å². The Labute approximate surface area is 198 Å². The molecule has 2 aromatic heterocycles. The van der Waals surface area contributed by atoms with Crippen molar-refractivity contribution in [1.82, 2.24) is 24.2 Å². The second-order valence-electron chi connectivity index (χ2n) is 9.53. The number of carbonyl (C=O) groups is 1. The largest absolute Gasteiger partial charge is 0.340 e. The van der Waals surface area contributed by atoms with E-state index in [-0.39, 0.29) is 17.5 Å². The lowest BCUT2D eigenvalue weighted by molar-refractivity contribution is -0.129. The van der Waals surface area contributed by atoms with Crippen molar-refractivity contribution in [3.8, 4) is 11.3 Å². The number of rotatable bonds is 4. The summed E-state index contributed by atoms with van der Waals surface area (Å²) in [5.74, 6) is 0.814. The molecule has 1 amide bonds. The molecule has 0 radical (unpaired) electrons. The van der Waals surface area contributed by atoms with Crippen molar-refractivity contribution in [2.45, 2.75) is 59.0 Å². The highest BCUT2D eigenvalue weighted by Gasteiger charge is 2.32. The molecule has 3 aromatic rings. The van der Waals surface area contributed by atoms with Crippen molar-refractivity contribution in [2.24, 2.45) is 7.05 Å². The summed E-state index contributed by atoms with van der Waals surface area (Å²) >= 11 is 0. The van der Waals surface area contributed by atoms with E-state index >= 15 is 0 Å². The van der Waals surface area contributed by atoms with Crippen LogP contribution in [-0.4, -0.2) is 43.2 Å². The van der Waals surface area contributed by atoms with Crippen molar-refractivity contribution >= 4 is 17.4 Å². The maximum Gasteiger partial charge on any atom is 0.264 e. The summed E-state index contributed by atoms with van der Waals surface area (Å²) in [4.78, 5) is 20.4. The Morgan fingerprint density at radius 1 is 1.15 bits per heavy atom. The zero-order valence-electron chi connectivity index (χ0n) is 20.1. The minimum Gasteiger partial charge on any atom is -0.340 e. The smallest absolute Gasteiger partial charge is 0.264 e. The minimum atomic E-state index is -2.62. The first kappa shape index (κ1) is 22.6. The molecule has 7 nitrogen and oxygen atoms in total. The van der Waals surface area contributed by atoms with Gasteiger partial charge in [0.15, 0.2) is 5.82 Å². The first-order chi connectivity index (χ1) is 16.2. The van der Waals surface area contributed by atoms with E-state index in [1.807, 2.05) is 22.7 Å². The Kier molecular flexibility index (Phi) is 5.65. The predicted molar refractivity (Wildman–Crippen MR) is 126 cm³/mol. The SMILES string of the molecule is CC(=O)N1CCc2c(c(N3CCCc4cc(-c5cn(C)cn5)c(C(F)F)cc43)nn2C(C)C)C1. The summed E-state index contributed by atoms with van der Waals surface area (Å²) < 4.78 is 32.3. The number of aromatic nitrogens is 4. The summed E-state index contributed by atoms with van der Waals surface area (Å²) in [5, 5.41) is 4.97. The molecular weight excluding hydrogens is 438 g/mol. The van der Waals surface area contributed by atoms with Gasteiger partial charge in [0.25, 0.3) is 6.43 Å². The van der Waals surface area contributed by atoms with Gasteiger partial charge in [0.1, 0.15) is 0 Å². The van der Waals surface area contributed by atoms with Crippen molar-refractivity contribution in [1.29, 1.82) is 0 Å². The lowest BCUT2D eigenvalue weighted by atomic mass is 9.93. The number of amides is 1.